The van der Waals surface area contributed by atoms with Gasteiger partial charge in [0.15, 0.2) is 0 Å². The summed E-state index contributed by atoms with van der Waals surface area (Å²) in [6.45, 7) is 5.32. The van der Waals surface area contributed by atoms with Gasteiger partial charge < -0.3 is 5.73 Å². The first-order chi connectivity index (χ1) is 9.99. The number of benzene rings is 2. The molecule has 2 aromatic rings. The summed E-state index contributed by atoms with van der Waals surface area (Å²) in [6, 6.07) is 16.8. The maximum absolute atomic E-state index is 7.68. The van der Waals surface area contributed by atoms with E-state index in [2.05, 4.69) is 50.1 Å². The SMILES string of the molecule is CC(C)N(C)Cc1ccc(-c2ccccc2C(=N)N)cc1. The Morgan fingerprint density at radius 1 is 1.10 bits per heavy atom. The first-order valence-electron chi connectivity index (χ1n) is 7.22. The van der Waals surface area contributed by atoms with Crippen LogP contribution in [0.2, 0.25) is 0 Å². The summed E-state index contributed by atoms with van der Waals surface area (Å²) in [6.07, 6.45) is 0. The quantitative estimate of drug-likeness (QED) is 0.651. The van der Waals surface area contributed by atoms with Gasteiger partial charge in [0.2, 0.25) is 0 Å². The van der Waals surface area contributed by atoms with E-state index in [4.69, 9.17) is 11.1 Å². The molecule has 0 aliphatic carbocycles. The van der Waals surface area contributed by atoms with E-state index in [1.165, 1.54) is 5.56 Å². The summed E-state index contributed by atoms with van der Waals surface area (Å²) in [4.78, 5) is 2.30. The van der Waals surface area contributed by atoms with Gasteiger partial charge in [0.1, 0.15) is 5.84 Å². The van der Waals surface area contributed by atoms with Crippen LogP contribution in [-0.2, 0) is 6.54 Å². The van der Waals surface area contributed by atoms with Crippen molar-refractivity contribution in [2.75, 3.05) is 7.05 Å². The molecule has 2 rings (SSSR count). The van der Waals surface area contributed by atoms with Gasteiger partial charge in [-0.25, -0.2) is 0 Å². The molecule has 0 amide bonds. The number of amidine groups is 1. The van der Waals surface area contributed by atoms with Crippen molar-refractivity contribution < 1.29 is 0 Å². The number of nitrogens with one attached hydrogen (secondary N) is 1. The first-order valence-corrected chi connectivity index (χ1v) is 7.22. The van der Waals surface area contributed by atoms with Gasteiger partial charge in [-0.2, -0.15) is 0 Å². The first kappa shape index (κ1) is 15.3. The fourth-order valence-electron chi connectivity index (χ4n) is 2.23. The van der Waals surface area contributed by atoms with E-state index in [0.29, 0.717) is 6.04 Å². The van der Waals surface area contributed by atoms with E-state index in [1.54, 1.807) is 0 Å². The average Bonchev–Trinajstić information content (AvgIpc) is 2.48. The van der Waals surface area contributed by atoms with Crippen molar-refractivity contribution in [2.24, 2.45) is 5.73 Å². The van der Waals surface area contributed by atoms with Crippen LogP contribution in [0.4, 0.5) is 0 Å². The van der Waals surface area contributed by atoms with E-state index in [1.807, 2.05) is 24.3 Å². The van der Waals surface area contributed by atoms with Crippen molar-refractivity contribution in [1.29, 1.82) is 5.41 Å². The predicted octanol–water partition coefficient (Wildman–Crippen LogP) is 3.48. The zero-order chi connectivity index (χ0) is 15.4. The molecule has 0 bridgehead atoms. The molecule has 0 unspecified atom stereocenters. The van der Waals surface area contributed by atoms with Crippen LogP contribution in [0.3, 0.4) is 0 Å². The molecule has 0 aliphatic heterocycles. The molecule has 0 heterocycles. The normalized spacial score (nSPS) is 11.1. The Balaban J connectivity index is 2.26. The molecule has 0 fully saturated rings. The summed E-state index contributed by atoms with van der Waals surface area (Å²) in [5.41, 5.74) is 9.83. The molecule has 0 aliphatic rings. The molecule has 2 aromatic carbocycles. The zero-order valence-corrected chi connectivity index (χ0v) is 12.9. The van der Waals surface area contributed by atoms with Crippen molar-refractivity contribution in [2.45, 2.75) is 26.4 Å². The maximum atomic E-state index is 7.68. The molecule has 0 saturated heterocycles. The third kappa shape index (κ3) is 3.70. The second-order valence-corrected chi connectivity index (χ2v) is 5.67. The molecule has 3 nitrogen and oxygen atoms in total. The lowest BCUT2D eigenvalue weighted by Gasteiger charge is -2.21. The molecule has 0 saturated carbocycles. The van der Waals surface area contributed by atoms with Crippen LogP contribution < -0.4 is 5.73 Å². The van der Waals surface area contributed by atoms with Crippen LogP contribution in [0.1, 0.15) is 25.0 Å². The lowest BCUT2D eigenvalue weighted by Crippen LogP contribution is -2.25. The standard InChI is InChI=1S/C18H23N3/c1-13(2)21(3)12-14-8-10-15(11-9-14)16-6-4-5-7-17(16)18(19)20/h4-11,13H,12H2,1-3H3,(H3,19,20). The number of nitrogen functional groups attached to an aromatic ring is 1. The summed E-state index contributed by atoms with van der Waals surface area (Å²) >= 11 is 0. The topological polar surface area (TPSA) is 53.1 Å². The van der Waals surface area contributed by atoms with E-state index in [9.17, 15) is 0 Å². The minimum atomic E-state index is 0.106. The van der Waals surface area contributed by atoms with Crippen LogP contribution >= 0.6 is 0 Å². The van der Waals surface area contributed by atoms with Crippen molar-refractivity contribution in [3.63, 3.8) is 0 Å². The minimum absolute atomic E-state index is 0.106. The van der Waals surface area contributed by atoms with Crippen molar-refractivity contribution in [1.82, 2.24) is 4.90 Å². The third-order valence-corrected chi connectivity index (χ3v) is 3.80. The summed E-state index contributed by atoms with van der Waals surface area (Å²) in [7, 11) is 2.13. The Hall–Kier alpha value is -2.13. The van der Waals surface area contributed by atoms with Crippen LogP contribution in [0, 0.1) is 5.41 Å². The van der Waals surface area contributed by atoms with Gasteiger partial charge in [0.05, 0.1) is 0 Å². The van der Waals surface area contributed by atoms with Gasteiger partial charge in [-0.3, -0.25) is 10.3 Å². The van der Waals surface area contributed by atoms with Crippen molar-refractivity contribution >= 4 is 5.84 Å². The smallest absolute Gasteiger partial charge is 0.123 e. The van der Waals surface area contributed by atoms with Gasteiger partial charge in [-0.05, 0) is 37.6 Å². The van der Waals surface area contributed by atoms with Crippen LogP contribution in [0.5, 0.6) is 0 Å². The fourth-order valence-corrected chi connectivity index (χ4v) is 2.23. The molecule has 0 spiro atoms. The highest BCUT2D eigenvalue weighted by molar-refractivity contribution is 6.01. The molecular formula is C18H23N3. The maximum Gasteiger partial charge on any atom is 0.123 e. The van der Waals surface area contributed by atoms with Crippen LogP contribution in [-0.4, -0.2) is 23.8 Å². The van der Waals surface area contributed by atoms with E-state index in [0.717, 1.165) is 23.2 Å². The van der Waals surface area contributed by atoms with Crippen LogP contribution in [0.15, 0.2) is 48.5 Å². The monoisotopic (exact) mass is 281 g/mol. The highest BCUT2D eigenvalue weighted by Gasteiger charge is 2.08. The molecule has 21 heavy (non-hydrogen) atoms. The second kappa shape index (κ2) is 6.55. The number of hydrogen-bond donors (Lipinski definition) is 2. The number of hydrogen-bond acceptors (Lipinski definition) is 2. The minimum Gasteiger partial charge on any atom is -0.384 e. The molecule has 0 atom stereocenters. The van der Waals surface area contributed by atoms with E-state index >= 15 is 0 Å². The number of nitrogens with two attached hydrogens (primary N) is 1. The lowest BCUT2D eigenvalue weighted by atomic mass is 9.98. The Bertz CT molecular complexity index is 615. The Labute approximate surface area is 126 Å². The summed E-state index contributed by atoms with van der Waals surface area (Å²) in [5, 5.41) is 7.68. The van der Waals surface area contributed by atoms with Gasteiger partial charge in [0, 0.05) is 18.2 Å². The van der Waals surface area contributed by atoms with E-state index in [-0.39, 0.29) is 5.84 Å². The summed E-state index contributed by atoms with van der Waals surface area (Å²) in [5.74, 6) is 0.106. The van der Waals surface area contributed by atoms with Gasteiger partial charge >= 0.3 is 0 Å². The largest absolute Gasteiger partial charge is 0.384 e. The predicted molar refractivity (Wildman–Crippen MR) is 89.5 cm³/mol. The molecule has 3 N–H and O–H groups in total. The summed E-state index contributed by atoms with van der Waals surface area (Å²) < 4.78 is 0. The van der Waals surface area contributed by atoms with Crippen molar-refractivity contribution in [3.05, 3.63) is 59.7 Å². The Morgan fingerprint density at radius 3 is 2.29 bits per heavy atom. The van der Waals surface area contributed by atoms with Gasteiger partial charge in [-0.15, -0.1) is 0 Å². The van der Waals surface area contributed by atoms with Gasteiger partial charge in [0.25, 0.3) is 0 Å². The highest BCUT2D eigenvalue weighted by atomic mass is 15.1. The molecule has 110 valence electrons. The fraction of sp³-hybridized carbons (Fsp3) is 0.278. The molecular weight excluding hydrogens is 258 g/mol. The number of nitrogens with zero attached hydrogens (tertiary/aromatic N) is 1. The number of rotatable bonds is 5. The lowest BCUT2D eigenvalue weighted by molar-refractivity contribution is 0.266. The van der Waals surface area contributed by atoms with Crippen molar-refractivity contribution in [3.8, 4) is 11.1 Å². The third-order valence-electron chi connectivity index (χ3n) is 3.80. The zero-order valence-electron chi connectivity index (χ0n) is 12.9. The molecule has 0 aromatic heterocycles. The molecule has 0 radical (unpaired) electrons. The Kier molecular flexibility index (Phi) is 4.76. The van der Waals surface area contributed by atoms with E-state index < -0.39 is 0 Å². The second-order valence-electron chi connectivity index (χ2n) is 5.67. The Morgan fingerprint density at radius 2 is 1.71 bits per heavy atom. The molecule has 3 heteroatoms. The average molecular weight is 281 g/mol. The highest BCUT2D eigenvalue weighted by Crippen LogP contribution is 2.24. The van der Waals surface area contributed by atoms with Crippen LogP contribution in [0.25, 0.3) is 11.1 Å². The van der Waals surface area contributed by atoms with Gasteiger partial charge in [-0.1, -0.05) is 48.5 Å².